The van der Waals surface area contributed by atoms with Gasteiger partial charge < -0.3 is 14.6 Å². The van der Waals surface area contributed by atoms with E-state index in [1.807, 2.05) is 35.3 Å². The van der Waals surface area contributed by atoms with Crippen molar-refractivity contribution < 1.29 is 14.6 Å². The Bertz CT molecular complexity index is 1090. The van der Waals surface area contributed by atoms with Crippen LogP contribution in [0.1, 0.15) is 40.9 Å². The van der Waals surface area contributed by atoms with Gasteiger partial charge in [-0.2, -0.15) is 5.10 Å². The molecule has 2 atom stereocenters. The lowest BCUT2D eigenvalue weighted by Crippen LogP contribution is -2.33. The summed E-state index contributed by atoms with van der Waals surface area (Å²) >= 11 is 0. The largest absolute Gasteiger partial charge is 0.507 e. The number of rotatable bonds is 3. The number of hydrogen-bond donors (Lipinski definition) is 1. The van der Waals surface area contributed by atoms with E-state index in [0.717, 1.165) is 33.9 Å². The number of para-hydroxylation sites is 2. The van der Waals surface area contributed by atoms with Gasteiger partial charge in [0.15, 0.2) is 11.5 Å². The Morgan fingerprint density at radius 2 is 1.83 bits per heavy atom. The third kappa shape index (κ3) is 2.90. The number of phenols is 1. The molecule has 5 rings (SSSR count). The van der Waals surface area contributed by atoms with Gasteiger partial charge in [-0.3, -0.25) is 0 Å². The molecule has 0 radical (unpaired) electrons. The molecule has 5 heteroatoms. The van der Waals surface area contributed by atoms with Crippen molar-refractivity contribution in [3.05, 3.63) is 89.0 Å². The molecule has 0 amide bonds. The van der Waals surface area contributed by atoms with Crippen molar-refractivity contribution in [2.24, 2.45) is 5.10 Å². The maximum atomic E-state index is 10.3. The summed E-state index contributed by atoms with van der Waals surface area (Å²) in [5.74, 6) is 1.72. The normalized spacial score (nSPS) is 19.8. The Kier molecular flexibility index (Phi) is 4.16. The predicted molar refractivity (Wildman–Crippen MR) is 111 cm³/mol. The Hall–Kier alpha value is -3.47. The molecule has 2 aliphatic rings. The van der Waals surface area contributed by atoms with Crippen LogP contribution in [0, 0.1) is 6.92 Å². The van der Waals surface area contributed by atoms with Gasteiger partial charge in [0.25, 0.3) is 0 Å². The number of fused-ring (bicyclic) bond motifs is 3. The molecule has 0 aliphatic carbocycles. The Morgan fingerprint density at radius 3 is 2.59 bits per heavy atom. The number of methoxy groups -OCH3 is 1. The third-order valence-corrected chi connectivity index (χ3v) is 5.58. The Balaban J connectivity index is 1.63. The van der Waals surface area contributed by atoms with Crippen LogP contribution in [0.3, 0.4) is 0 Å². The average Bonchev–Trinajstić information content (AvgIpc) is 3.19. The van der Waals surface area contributed by atoms with E-state index in [-0.39, 0.29) is 18.0 Å². The van der Waals surface area contributed by atoms with Crippen molar-refractivity contribution >= 4 is 5.71 Å². The van der Waals surface area contributed by atoms with Crippen LogP contribution in [0.25, 0.3) is 0 Å². The number of hydrogen-bond acceptors (Lipinski definition) is 5. The van der Waals surface area contributed by atoms with Crippen LogP contribution in [0.2, 0.25) is 0 Å². The zero-order valence-corrected chi connectivity index (χ0v) is 16.4. The molecule has 3 aromatic rings. The molecule has 0 saturated carbocycles. The van der Waals surface area contributed by atoms with Crippen molar-refractivity contribution in [2.75, 3.05) is 7.11 Å². The van der Waals surface area contributed by atoms with E-state index in [4.69, 9.17) is 14.6 Å². The van der Waals surface area contributed by atoms with Crippen LogP contribution in [0.4, 0.5) is 0 Å². The molecule has 2 heterocycles. The minimum absolute atomic E-state index is 0.00904. The van der Waals surface area contributed by atoms with Crippen molar-refractivity contribution in [2.45, 2.75) is 25.6 Å². The molecule has 3 aromatic carbocycles. The minimum Gasteiger partial charge on any atom is -0.507 e. The maximum absolute atomic E-state index is 10.3. The zero-order chi connectivity index (χ0) is 20.0. The fraction of sp³-hybridized carbons (Fsp3) is 0.208. The molecule has 5 nitrogen and oxygen atoms in total. The molecule has 0 aromatic heterocycles. The van der Waals surface area contributed by atoms with E-state index >= 15 is 0 Å². The van der Waals surface area contributed by atoms with Crippen LogP contribution in [-0.2, 0) is 0 Å². The van der Waals surface area contributed by atoms with Gasteiger partial charge in [-0.1, -0.05) is 54.1 Å². The first-order chi connectivity index (χ1) is 14.2. The molecule has 146 valence electrons. The van der Waals surface area contributed by atoms with E-state index < -0.39 is 0 Å². The fourth-order valence-electron chi connectivity index (χ4n) is 4.08. The standard InChI is InChI=1S/C24H22N2O3/c1-15-10-12-16(13-11-15)24-26-20(18-7-5-9-22(28-2)23(18)29-24)14-19(25-26)17-6-3-4-8-21(17)27/h3-13,20,24,27H,14H2,1-2H3/t20-,24+/m1/s1. The first kappa shape index (κ1) is 17.6. The number of benzene rings is 3. The highest BCUT2D eigenvalue weighted by molar-refractivity contribution is 6.04. The molecule has 0 saturated heterocycles. The molecule has 0 unspecified atom stereocenters. The van der Waals surface area contributed by atoms with Crippen LogP contribution < -0.4 is 9.47 Å². The van der Waals surface area contributed by atoms with Gasteiger partial charge in [-0.05, 0) is 25.1 Å². The highest BCUT2D eigenvalue weighted by atomic mass is 16.5. The lowest BCUT2D eigenvalue weighted by atomic mass is 9.95. The highest BCUT2D eigenvalue weighted by Gasteiger charge is 2.42. The van der Waals surface area contributed by atoms with Gasteiger partial charge in [0.2, 0.25) is 6.23 Å². The van der Waals surface area contributed by atoms with E-state index in [1.165, 1.54) is 5.56 Å². The SMILES string of the molecule is COc1cccc2c1O[C@@H](c1ccc(C)cc1)N1N=C(c3ccccc3O)C[C@H]21. The molecule has 0 fully saturated rings. The monoisotopic (exact) mass is 386 g/mol. The van der Waals surface area contributed by atoms with Gasteiger partial charge in [-0.25, -0.2) is 5.01 Å². The van der Waals surface area contributed by atoms with Gasteiger partial charge in [0.05, 0.1) is 18.9 Å². The molecule has 1 N–H and O–H groups in total. The quantitative estimate of drug-likeness (QED) is 0.692. The Morgan fingerprint density at radius 1 is 1.03 bits per heavy atom. The van der Waals surface area contributed by atoms with Crippen molar-refractivity contribution in [1.82, 2.24) is 5.01 Å². The topological polar surface area (TPSA) is 54.3 Å². The number of hydrazone groups is 1. The first-order valence-electron chi connectivity index (χ1n) is 9.70. The zero-order valence-electron chi connectivity index (χ0n) is 16.4. The predicted octanol–water partition coefficient (Wildman–Crippen LogP) is 4.95. The van der Waals surface area contributed by atoms with Crippen molar-refractivity contribution in [3.63, 3.8) is 0 Å². The van der Waals surface area contributed by atoms with Gasteiger partial charge >= 0.3 is 0 Å². The summed E-state index contributed by atoms with van der Waals surface area (Å²) < 4.78 is 12.0. The highest BCUT2D eigenvalue weighted by Crippen LogP contribution is 2.50. The summed E-state index contributed by atoms with van der Waals surface area (Å²) in [6.07, 6.45) is 0.316. The molecule has 0 bridgehead atoms. The second-order valence-corrected chi connectivity index (χ2v) is 7.42. The minimum atomic E-state index is -0.368. The number of aryl methyl sites for hydroxylation is 1. The third-order valence-electron chi connectivity index (χ3n) is 5.58. The summed E-state index contributed by atoms with van der Waals surface area (Å²) in [5.41, 5.74) is 4.87. The molecular formula is C24H22N2O3. The van der Waals surface area contributed by atoms with E-state index in [2.05, 4.69) is 37.3 Å². The fourth-order valence-corrected chi connectivity index (χ4v) is 4.08. The molecule has 29 heavy (non-hydrogen) atoms. The molecule has 2 aliphatic heterocycles. The van der Waals surface area contributed by atoms with Gasteiger partial charge in [0, 0.05) is 23.1 Å². The summed E-state index contributed by atoms with van der Waals surface area (Å²) in [5, 5.41) is 17.3. The Labute approximate surface area is 169 Å². The number of aromatic hydroxyl groups is 1. The summed E-state index contributed by atoms with van der Waals surface area (Å²) in [6.45, 7) is 2.07. The first-order valence-corrected chi connectivity index (χ1v) is 9.70. The van der Waals surface area contributed by atoms with Crippen molar-refractivity contribution in [3.8, 4) is 17.2 Å². The average molecular weight is 386 g/mol. The lowest BCUT2D eigenvalue weighted by Gasteiger charge is -2.38. The summed E-state index contributed by atoms with van der Waals surface area (Å²) in [6, 6.07) is 21.6. The molecular weight excluding hydrogens is 364 g/mol. The summed E-state index contributed by atoms with van der Waals surface area (Å²) in [4.78, 5) is 0. The van der Waals surface area contributed by atoms with Crippen LogP contribution in [0.15, 0.2) is 71.8 Å². The lowest BCUT2D eigenvalue weighted by molar-refractivity contribution is -0.0209. The van der Waals surface area contributed by atoms with Gasteiger partial charge in [-0.15, -0.1) is 0 Å². The van der Waals surface area contributed by atoms with Crippen LogP contribution in [0.5, 0.6) is 17.2 Å². The number of nitrogens with zero attached hydrogens (tertiary/aromatic N) is 2. The summed E-state index contributed by atoms with van der Waals surface area (Å²) in [7, 11) is 1.66. The second-order valence-electron chi connectivity index (χ2n) is 7.42. The number of ether oxygens (including phenoxy) is 2. The maximum Gasteiger partial charge on any atom is 0.214 e. The van der Waals surface area contributed by atoms with E-state index in [1.54, 1.807) is 13.2 Å². The van der Waals surface area contributed by atoms with Gasteiger partial charge in [0.1, 0.15) is 5.75 Å². The smallest absolute Gasteiger partial charge is 0.214 e. The second kappa shape index (κ2) is 6.85. The van der Waals surface area contributed by atoms with Crippen molar-refractivity contribution in [1.29, 1.82) is 0 Å². The van der Waals surface area contributed by atoms with E-state index in [9.17, 15) is 5.11 Å². The number of phenolic OH excluding ortho intramolecular Hbond substituents is 1. The molecule has 0 spiro atoms. The van der Waals surface area contributed by atoms with E-state index in [0.29, 0.717) is 6.42 Å². The van der Waals surface area contributed by atoms with Crippen LogP contribution >= 0.6 is 0 Å². The van der Waals surface area contributed by atoms with Crippen LogP contribution in [-0.4, -0.2) is 22.9 Å².